The van der Waals surface area contributed by atoms with Gasteiger partial charge in [0.1, 0.15) is 6.04 Å². The molecule has 1 aromatic carbocycles. The highest BCUT2D eigenvalue weighted by molar-refractivity contribution is 5.93. The minimum absolute atomic E-state index is 0.144. The van der Waals surface area contributed by atoms with E-state index in [9.17, 15) is 14.4 Å². The molecule has 3 atom stereocenters. The number of carbonyl (C=O) groups is 3. The molecule has 1 aliphatic rings. The Balaban J connectivity index is 1.89. The first-order valence-electron chi connectivity index (χ1n) is 9.90. The van der Waals surface area contributed by atoms with Crippen LogP contribution in [-0.2, 0) is 14.3 Å². The third-order valence-corrected chi connectivity index (χ3v) is 5.06. The van der Waals surface area contributed by atoms with Gasteiger partial charge in [-0.3, -0.25) is 4.79 Å². The maximum absolute atomic E-state index is 12.5. The average molecular weight is 389 g/mol. The number of urea groups is 1. The van der Waals surface area contributed by atoms with E-state index in [1.165, 1.54) is 0 Å². The number of rotatable bonds is 6. The highest BCUT2D eigenvalue weighted by atomic mass is 16.5. The van der Waals surface area contributed by atoms with E-state index >= 15 is 0 Å². The molecule has 0 saturated carbocycles. The van der Waals surface area contributed by atoms with Gasteiger partial charge in [-0.05, 0) is 51.2 Å². The quantitative estimate of drug-likeness (QED) is 0.732. The number of carbonyl (C=O) groups excluding carboxylic acids is 3. The lowest BCUT2D eigenvalue weighted by atomic mass is 9.97. The van der Waals surface area contributed by atoms with E-state index in [1.54, 1.807) is 29.2 Å². The van der Waals surface area contributed by atoms with Crippen LogP contribution in [0.3, 0.4) is 0 Å². The predicted molar refractivity (Wildman–Crippen MR) is 108 cm³/mol. The summed E-state index contributed by atoms with van der Waals surface area (Å²) in [5.74, 6) is -0.981. The maximum atomic E-state index is 12.5. The van der Waals surface area contributed by atoms with Gasteiger partial charge in [0.2, 0.25) is 0 Å². The van der Waals surface area contributed by atoms with E-state index in [0.717, 1.165) is 19.3 Å². The number of esters is 1. The van der Waals surface area contributed by atoms with Gasteiger partial charge in [-0.2, -0.15) is 0 Å². The van der Waals surface area contributed by atoms with Crippen LogP contribution < -0.4 is 10.6 Å². The molecule has 1 saturated heterocycles. The largest absolute Gasteiger partial charge is 0.454 e. The topological polar surface area (TPSA) is 87.7 Å². The summed E-state index contributed by atoms with van der Waals surface area (Å²) in [7, 11) is 0. The number of piperidine rings is 1. The second kappa shape index (κ2) is 10.1. The van der Waals surface area contributed by atoms with Crippen molar-refractivity contribution in [1.82, 2.24) is 10.2 Å². The van der Waals surface area contributed by atoms with Crippen molar-refractivity contribution in [1.29, 1.82) is 0 Å². The molecule has 0 radical (unpaired) electrons. The minimum atomic E-state index is -0.840. The first-order chi connectivity index (χ1) is 13.3. The van der Waals surface area contributed by atoms with Crippen molar-refractivity contribution in [3.05, 3.63) is 30.3 Å². The molecule has 2 rings (SSSR count). The molecule has 1 fully saturated rings. The van der Waals surface area contributed by atoms with Crippen LogP contribution in [0.15, 0.2) is 30.3 Å². The van der Waals surface area contributed by atoms with Gasteiger partial charge in [-0.15, -0.1) is 0 Å². The lowest BCUT2D eigenvalue weighted by Gasteiger charge is -2.39. The number of para-hydroxylation sites is 1. The molecule has 0 spiro atoms. The fourth-order valence-electron chi connectivity index (χ4n) is 3.54. The maximum Gasteiger partial charge on any atom is 0.329 e. The first-order valence-corrected chi connectivity index (χ1v) is 9.90. The molecular weight excluding hydrogens is 358 g/mol. The van der Waals surface area contributed by atoms with Gasteiger partial charge >= 0.3 is 12.0 Å². The van der Waals surface area contributed by atoms with Crippen LogP contribution in [-0.4, -0.2) is 47.5 Å². The Labute approximate surface area is 166 Å². The molecule has 0 aromatic heterocycles. The van der Waals surface area contributed by atoms with Crippen LogP contribution in [0.2, 0.25) is 0 Å². The van der Waals surface area contributed by atoms with Crippen LogP contribution >= 0.6 is 0 Å². The zero-order valence-corrected chi connectivity index (χ0v) is 17.1. The summed E-state index contributed by atoms with van der Waals surface area (Å²) in [5.41, 5.74) is 0.624. The van der Waals surface area contributed by atoms with Crippen molar-refractivity contribution in [3.8, 4) is 0 Å². The lowest BCUT2D eigenvalue weighted by Crippen LogP contribution is -2.50. The second-order valence-electron chi connectivity index (χ2n) is 7.72. The van der Waals surface area contributed by atoms with Crippen molar-refractivity contribution >= 4 is 23.6 Å². The van der Waals surface area contributed by atoms with Gasteiger partial charge in [-0.25, -0.2) is 9.59 Å². The first kappa shape index (κ1) is 21.7. The summed E-state index contributed by atoms with van der Waals surface area (Å²) in [4.78, 5) is 39.0. The molecule has 7 nitrogen and oxygen atoms in total. The number of amides is 3. The summed E-state index contributed by atoms with van der Waals surface area (Å²) in [5, 5.41) is 5.31. The molecule has 0 aliphatic carbocycles. The fourth-order valence-corrected chi connectivity index (χ4v) is 3.54. The monoisotopic (exact) mass is 389 g/mol. The average Bonchev–Trinajstić information content (AvgIpc) is 2.64. The molecule has 7 heteroatoms. The molecule has 1 aromatic rings. The minimum Gasteiger partial charge on any atom is -0.454 e. The van der Waals surface area contributed by atoms with E-state index in [2.05, 4.69) is 10.6 Å². The van der Waals surface area contributed by atoms with E-state index < -0.39 is 18.0 Å². The Morgan fingerprint density at radius 2 is 1.71 bits per heavy atom. The van der Waals surface area contributed by atoms with E-state index in [1.807, 2.05) is 33.8 Å². The Kier molecular flexibility index (Phi) is 7.84. The number of ether oxygens (including phenoxy) is 1. The van der Waals surface area contributed by atoms with Crippen molar-refractivity contribution in [2.45, 2.75) is 65.1 Å². The van der Waals surface area contributed by atoms with Gasteiger partial charge in [0.05, 0.1) is 0 Å². The highest BCUT2D eigenvalue weighted by Crippen LogP contribution is 2.22. The summed E-state index contributed by atoms with van der Waals surface area (Å²) in [6.45, 7) is 7.35. The summed E-state index contributed by atoms with van der Waals surface area (Å²) in [6.07, 6.45) is 3.02. The van der Waals surface area contributed by atoms with Crippen molar-refractivity contribution in [2.24, 2.45) is 5.92 Å². The van der Waals surface area contributed by atoms with Crippen molar-refractivity contribution < 1.29 is 19.1 Å². The van der Waals surface area contributed by atoms with Crippen LogP contribution in [0.5, 0.6) is 0 Å². The van der Waals surface area contributed by atoms with Crippen LogP contribution in [0, 0.1) is 5.92 Å². The highest BCUT2D eigenvalue weighted by Gasteiger charge is 2.31. The zero-order chi connectivity index (χ0) is 20.7. The Morgan fingerprint density at radius 3 is 2.29 bits per heavy atom. The normalized spacial score (nSPS) is 20.4. The molecule has 1 heterocycles. The summed E-state index contributed by atoms with van der Waals surface area (Å²) in [6, 6.07) is 7.91. The number of likely N-dealkylation sites (tertiary alicyclic amines) is 1. The van der Waals surface area contributed by atoms with Gasteiger partial charge in [0.15, 0.2) is 6.61 Å². The molecule has 154 valence electrons. The van der Waals surface area contributed by atoms with E-state index in [4.69, 9.17) is 4.74 Å². The number of benzene rings is 1. The van der Waals surface area contributed by atoms with Gasteiger partial charge in [-0.1, -0.05) is 32.0 Å². The standard InChI is InChI=1S/C21H31N3O4/c1-14(2)19(23-21(27)22-17-11-6-5-7-12-17)20(26)28-13-18(25)24-15(3)9-8-10-16(24)4/h5-7,11-12,14-16,19H,8-10,13H2,1-4H3,(H2,22,23,27)/t15-,16-,19-/m1/s1. The van der Waals surface area contributed by atoms with Crippen molar-refractivity contribution in [2.75, 3.05) is 11.9 Å². The van der Waals surface area contributed by atoms with Gasteiger partial charge in [0.25, 0.3) is 5.91 Å². The predicted octanol–water partition coefficient (Wildman–Crippen LogP) is 3.17. The second-order valence-corrected chi connectivity index (χ2v) is 7.72. The number of anilines is 1. The zero-order valence-electron chi connectivity index (χ0n) is 17.1. The summed E-state index contributed by atoms with van der Waals surface area (Å²) >= 11 is 0. The summed E-state index contributed by atoms with van der Waals surface area (Å²) < 4.78 is 5.26. The van der Waals surface area contributed by atoms with Crippen LogP contribution in [0.4, 0.5) is 10.5 Å². The Bertz CT molecular complexity index is 667. The SMILES string of the molecule is CC(C)[C@@H](NC(=O)Nc1ccccc1)C(=O)OCC(=O)N1[C@H](C)CCC[C@H]1C. The fraction of sp³-hybridized carbons (Fsp3) is 0.571. The molecule has 1 aliphatic heterocycles. The van der Waals surface area contributed by atoms with Crippen LogP contribution in [0.25, 0.3) is 0 Å². The molecule has 2 N–H and O–H groups in total. The molecule has 0 unspecified atom stereocenters. The van der Waals surface area contributed by atoms with Gasteiger partial charge in [0, 0.05) is 17.8 Å². The Hall–Kier alpha value is -2.57. The molecule has 0 bridgehead atoms. The third-order valence-electron chi connectivity index (χ3n) is 5.06. The number of nitrogens with zero attached hydrogens (tertiary/aromatic N) is 1. The number of nitrogens with one attached hydrogen (secondary N) is 2. The van der Waals surface area contributed by atoms with Crippen molar-refractivity contribution in [3.63, 3.8) is 0 Å². The molecular formula is C21H31N3O4. The molecule has 28 heavy (non-hydrogen) atoms. The lowest BCUT2D eigenvalue weighted by molar-refractivity contribution is -0.156. The third kappa shape index (κ3) is 5.97. The van der Waals surface area contributed by atoms with E-state index in [0.29, 0.717) is 5.69 Å². The molecule has 3 amide bonds. The number of hydrogen-bond acceptors (Lipinski definition) is 4. The van der Waals surface area contributed by atoms with Gasteiger partial charge < -0.3 is 20.3 Å². The smallest absolute Gasteiger partial charge is 0.329 e. The Morgan fingerprint density at radius 1 is 1.11 bits per heavy atom. The van der Waals surface area contributed by atoms with E-state index in [-0.39, 0.29) is 30.5 Å². The number of hydrogen-bond donors (Lipinski definition) is 2. The van der Waals surface area contributed by atoms with Crippen LogP contribution in [0.1, 0.15) is 47.0 Å².